The number of hydrogen-bond donors (Lipinski definition) is 1. The van der Waals surface area contributed by atoms with E-state index in [0.29, 0.717) is 16.5 Å². The number of amides is 1. The minimum absolute atomic E-state index is 0.160. The molecule has 2 aromatic rings. The van der Waals surface area contributed by atoms with Crippen LogP contribution in [-0.2, 0) is 4.74 Å². The molecule has 23 heavy (non-hydrogen) atoms. The molecule has 0 saturated heterocycles. The highest BCUT2D eigenvalue weighted by molar-refractivity contribution is 6.31. The van der Waals surface area contributed by atoms with Gasteiger partial charge >= 0.3 is 5.97 Å². The Morgan fingerprint density at radius 1 is 1.22 bits per heavy atom. The predicted molar refractivity (Wildman–Crippen MR) is 86.3 cm³/mol. The second-order valence-corrected chi connectivity index (χ2v) is 5.09. The minimum atomic E-state index is -0.514. The average Bonchev–Trinajstić information content (AvgIpc) is 2.57. The van der Waals surface area contributed by atoms with E-state index in [0.717, 1.165) is 5.56 Å². The predicted octanol–water partition coefficient (Wildman–Crippen LogP) is 3.09. The molecule has 0 aliphatic heterocycles. The van der Waals surface area contributed by atoms with Gasteiger partial charge in [-0.3, -0.25) is 9.78 Å². The highest BCUT2D eigenvalue weighted by Gasteiger charge is 2.14. The first-order valence-electron chi connectivity index (χ1n) is 6.66. The number of carbonyl (C=O) groups excluding carboxylic acids is 2. The highest BCUT2D eigenvalue weighted by Crippen LogP contribution is 2.31. The molecule has 1 N–H and O–H groups in total. The third kappa shape index (κ3) is 3.78. The van der Waals surface area contributed by atoms with Gasteiger partial charge < -0.3 is 14.8 Å². The van der Waals surface area contributed by atoms with Crippen LogP contribution < -0.4 is 10.1 Å². The van der Waals surface area contributed by atoms with Crippen molar-refractivity contribution in [2.24, 2.45) is 0 Å². The number of methoxy groups -OCH3 is 2. The first-order chi connectivity index (χ1) is 11.0. The van der Waals surface area contributed by atoms with Crippen molar-refractivity contribution in [2.45, 2.75) is 6.92 Å². The lowest BCUT2D eigenvalue weighted by molar-refractivity contribution is 0.0600. The smallest absolute Gasteiger partial charge is 0.339 e. The summed E-state index contributed by atoms with van der Waals surface area (Å²) in [5, 5.41) is 3.25. The molecule has 2 rings (SSSR count). The Morgan fingerprint density at radius 2 is 1.96 bits per heavy atom. The second-order valence-electron chi connectivity index (χ2n) is 4.68. The van der Waals surface area contributed by atoms with Gasteiger partial charge in [0.1, 0.15) is 11.4 Å². The lowest BCUT2D eigenvalue weighted by atomic mass is 10.2. The van der Waals surface area contributed by atoms with Crippen LogP contribution in [0.5, 0.6) is 5.75 Å². The van der Waals surface area contributed by atoms with Gasteiger partial charge in [0.2, 0.25) is 0 Å². The third-order valence-corrected chi connectivity index (χ3v) is 3.55. The van der Waals surface area contributed by atoms with E-state index in [1.165, 1.54) is 32.5 Å². The summed E-state index contributed by atoms with van der Waals surface area (Å²) in [6.45, 7) is 1.82. The summed E-state index contributed by atoms with van der Waals surface area (Å²) in [7, 11) is 2.76. The topological polar surface area (TPSA) is 77.5 Å². The van der Waals surface area contributed by atoms with Crippen LogP contribution in [0.4, 0.5) is 5.69 Å². The second kappa shape index (κ2) is 7.11. The maximum atomic E-state index is 12.3. The molecule has 0 radical (unpaired) electrons. The minimum Gasteiger partial charge on any atom is -0.495 e. The molecule has 0 atom stereocenters. The normalized spacial score (nSPS) is 10.1. The number of pyridine rings is 1. The number of nitrogens with one attached hydrogen (secondary N) is 1. The van der Waals surface area contributed by atoms with Crippen LogP contribution in [-0.4, -0.2) is 31.1 Å². The van der Waals surface area contributed by atoms with E-state index in [9.17, 15) is 9.59 Å². The van der Waals surface area contributed by atoms with E-state index in [4.69, 9.17) is 16.3 Å². The standard InChI is InChI=1S/C16H15ClN2O4/c1-9-6-13(14(22-2)7-11(9)17)19-15(20)12-5-4-10(8-18-12)16(21)23-3/h4-8H,1-3H3,(H,19,20). The first kappa shape index (κ1) is 16.8. The number of ether oxygens (including phenoxy) is 2. The Hall–Kier alpha value is -2.60. The number of benzene rings is 1. The van der Waals surface area contributed by atoms with Crippen molar-refractivity contribution in [3.05, 3.63) is 52.3 Å². The summed E-state index contributed by atoms with van der Waals surface area (Å²) in [5.74, 6) is -0.499. The van der Waals surface area contributed by atoms with Crippen molar-refractivity contribution >= 4 is 29.2 Å². The molecule has 1 aromatic heterocycles. The molecule has 0 spiro atoms. The zero-order valence-corrected chi connectivity index (χ0v) is 13.6. The fraction of sp³-hybridized carbons (Fsp3) is 0.188. The number of esters is 1. The Morgan fingerprint density at radius 3 is 2.52 bits per heavy atom. The summed E-state index contributed by atoms with van der Waals surface area (Å²) < 4.78 is 9.78. The third-order valence-electron chi connectivity index (χ3n) is 3.15. The van der Waals surface area contributed by atoms with Crippen molar-refractivity contribution in [1.29, 1.82) is 0 Å². The molecule has 0 saturated carbocycles. The lowest BCUT2D eigenvalue weighted by Gasteiger charge is -2.12. The van der Waals surface area contributed by atoms with Crippen molar-refractivity contribution in [1.82, 2.24) is 4.98 Å². The number of rotatable bonds is 4. The van der Waals surface area contributed by atoms with Crippen molar-refractivity contribution in [3.63, 3.8) is 0 Å². The van der Waals surface area contributed by atoms with Gasteiger partial charge in [0.15, 0.2) is 0 Å². The number of carbonyl (C=O) groups is 2. The lowest BCUT2D eigenvalue weighted by Crippen LogP contribution is -2.15. The molecule has 1 aromatic carbocycles. The van der Waals surface area contributed by atoms with Crippen molar-refractivity contribution in [3.8, 4) is 5.75 Å². The van der Waals surface area contributed by atoms with E-state index >= 15 is 0 Å². The number of anilines is 1. The molecule has 120 valence electrons. The van der Waals surface area contributed by atoms with Gasteiger partial charge in [0.05, 0.1) is 25.5 Å². The number of aromatic nitrogens is 1. The Bertz CT molecular complexity index is 744. The van der Waals surface area contributed by atoms with Gasteiger partial charge in [-0.2, -0.15) is 0 Å². The van der Waals surface area contributed by atoms with Crippen molar-refractivity contribution in [2.75, 3.05) is 19.5 Å². The van der Waals surface area contributed by atoms with Gasteiger partial charge in [0.25, 0.3) is 5.91 Å². The van der Waals surface area contributed by atoms with E-state index in [1.54, 1.807) is 12.1 Å². The molecule has 0 aliphatic rings. The Kier molecular flexibility index (Phi) is 5.18. The van der Waals surface area contributed by atoms with Crippen LogP contribution in [0.15, 0.2) is 30.5 Å². The molecular formula is C16H15ClN2O4. The monoisotopic (exact) mass is 334 g/mol. The van der Waals surface area contributed by atoms with Crippen LogP contribution in [0.3, 0.4) is 0 Å². The SMILES string of the molecule is COC(=O)c1ccc(C(=O)Nc2cc(C)c(Cl)cc2OC)nc1. The number of hydrogen-bond acceptors (Lipinski definition) is 5. The van der Waals surface area contributed by atoms with Gasteiger partial charge in [-0.1, -0.05) is 11.6 Å². The summed E-state index contributed by atoms with van der Waals surface area (Å²) >= 11 is 6.03. The van der Waals surface area contributed by atoms with E-state index < -0.39 is 11.9 Å². The van der Waals surface area contributed by atoms with Crippen LogP contribution in [0.25, 0.3) is 0 Å². The first-order valence-corrected chi connectivity index (χ1v) is 7.04. The number of halogens is 1. The number of nitrogens with zero attached hydrogens (tertiary/aromatic N) is 1. The number of aryl methyl sites for hydroxylation is 1. The molecule has 0 unspecified atom stereocenters. The highest BCUT2D eigenvalue weighted by atomic mass is 35.5. The van der Waals surface area contributed by atoms with Crippen LogP contribution in [0.1, 0.15) is 26.4 Å². The van der Waals surface area contributed by atoms with E-state index in [-0.39, 0.29) is 11.3 Å². The molecule has 0 aliphatic carbocycles. The molecule has 1 amide bonds. The molecule has 6 nitrogen and oxygen atoms in total. The fourth-order valence-electron chi connectivity index (χ4n) is 1.88. The molecule has 1 heterocycles. The Balaban J connectivity index is 2.22. The molecular weight excluding hydrogens is 320 g/mol. The summed E-state index contributed by atoms with van der Waals surface area (Å²) in [6.07, 6.45) is 1.28. The van der Waals surface area contributed by atoms with E-state index in [1.807, 2.05) is 6.92 Å². The molecule has 0 fully saturated rings. The van der Waals surface area contributed by atoms with Gasteiger partial charge in [-0.15, -0.1) is 0 Å². The average molecular weight is 335 g/mol. The van der Waals surface area contributed by atoms with Crippen LogP contribution in [0, 0.1) is 6.92 Å². The fourth-order valence-corrected chi connectivity index (χ4v) is 2.04. The summed E-state index contributed by atoms with van der Waals surface area (Å²) in [6, 6.07) is 6.25. The quantitative estimate of drug-likeness (QED) is 0.869. The Labute approximate surface area is 138 Å². The van der Waals surface area contributed by atoms with Gasteiger partial charge in [0, 0.05) is 17.3 Å². The maximum Gasteiger partial charge on any atom is 0.339 e. The van der Waals surface area contributed by atoms with Gasteiger partial charge in [-0.05, 0) is 30.7 Å². The van der Waals surface area contributed by atoms with Crippen LogP contribution in [0.2, 0.25) is 5.02 Å². The largest absolute Gasteiger partial charge is 0.495 e. The maximum absolute atomic E-state index is 12.3. The zero-order valence-electron chi connectivity index (χ0n) is 12.8. The van der Waals surface area contributed by atoms with E-state index in [2.05, 4.69) is 15.0 Å². The van der Waals surface area contributed by atoms with Crippen molar-refractivity contribution < 1.29 is 19.1 Å². The molecule has 0 bridgehead atoms. The van der Waals surface area contributed by atoms with Gasteiger partial charge in [-0.25, -0.2) is 4.79 Å². The molecule has 7 heteroatoms. The van der Waals surface area contributed by atoms with Crippen LogP contribution >= 0.6 is 11.6 Å². The summed E-state index contributed by atoms with van der Waals surface area (Å²) in [5.41, 5.74) is 1.71. The summed E-state index contributed by atoms with van der Waals surface area (Å²) in [4.78, 5) is 27.6. The zero-order chi connectivity index (χ0) is 17.0.